The maximum atomic E-state index is 12.8. The zero-order chi connectivity index (χ0) is 19.6. The van der Waals surface area contributed by atoms with Crippen LogP contribution in [0.15, 0.2) is 46.9 Å². The van der Waals surface area contributed by atoms with E-state index >= 15 is 0 Å². The number of cyclic esters (lactones) is 1. The molecule has 0 radical (unpaired) electrons. The highest BCUT2D eigenvalue weighted by Gasteiger charge is 2.36. The topological polar surface area (TPSA) is 66.9 Å². The second kappa shape index (κ2) is 7.86. The van der Waals surface area contributed by atoms with Gasteiger partial charge in [-0.2, -0.15) is 4.31 Å². The van der Waals surface area contributed by atoms with E-state index in [1.165, 1.54) is 4.31 Å². The van der Waals surface area contributed by atoms with Crippen LogP contribution in [0.3, 0.4) is 0 Å². The zero-order valence-electron chi connectivity index (χ0n) is 16.0. The van der Waals surface area contributed by atoms with Crippen LogP contribution < -0.4 is 4.90 Å². The summed E-state index contributed by atoms with van der Waals surface area (Å²) < 4.78 is 32.3. The van der Waals surface area contributed by atoms with Gasteiger partial charge in [0.1, 0.15) is 6.61 Å². The summed E-state index contributed by atoms with van der Waals surface area (Å²) in [4.78, 5) is 14.4. The predicted octanol–water partition coefficient (Wildman–Crippen LogP) is 3.81. The maximum Gasteiger partial charge on any atom is 0.414 e. The number of hydrogen-bond donors (Lipinski definition) is 0. The molecule has 6 nitrogen and oxygen atoms in total. The SMILES string of the molecule is CC(C)=C/C=C(\C)S(=O)(=O)N1CCC(N2C(=O)OCc3ccccc32)CC1. The monoisotopic (exact) mass is 390 g/mol. The minimum Gasteiger partial charge on any atom is -0.444 e. The third kappa shape index (κ3) is 4.09. The third-order valence-electron chi connectivity index (χ3n) is 4.99. The molecule has 1 saturated heterocycles. The Morgan fingerprint density at radius 3 is 2.44 bits per heavy atom. The van der Waals surface area contributed by atoms with Gasteiger partial charge in [0.05, 0.1) is 10.6 Å². The van der Waals surface area contributed by atoms with Gasteiger partial charge in [-0.3, -0.25) is 4.90 Å². The van der Waals surface area contributed by atoms with E-state index in [1.54, 1.807) is 24.0 Å². The van der Waals surface area contributed by atoms with Crippen LogP contribution in [0.2, 0.25) is 0 Å². The third-order valence-corrected chi connectivity index (χ3v) is 6.98. The van der Waals surface area contributed by atoms with Gasteiger partial charge < -0.3 is 4.74 Å². The molecule has 2 aliphatic heterocycles. The van der Waals surface area contributed by atoms with Crippen LogP contribution in [0, 0.1) is 0 Å². The van der Waals surface area contributed by atoms with Gasteiger partial charge in [0, 0.05) is 24.7 Å². The lowest BCUT2D eigenvalue weighted by molar-refractivity contribution is 0.136. The van der Waals surface area contributed by atoms with Crippen molar-refractivity contribution in [2.75, 3.05) is 18.0 Å². The van der Waals surface area contributed by atoms with E-state index in [0.29, 0.717) is 30.8 Å². The van der Waals surface area contributed by atoms with Crippen molar-refractivity contribution in [1.29, 1.82) is 0 Å². The van der Waals surface area contributed by atoms with Crippen molar-refractivity contribution in [3.63, 3.8) is 0 Å². The number of ether oxygens (including phenoxy) is 1. The van der Waals surface area contributed by atoms with Crippen LogP contribution in [-0.4, -0.2) is 37.9 Å². The Morgan fingerprint density at radius 2 is 1.78 bits per heavy atom. The standard InChI is InChI=1S/C20H26N2O4S/c1-15(2)8-9-16(3)27(24,25)21-12-10-18(11-13-21)22-19-7-5-4-6-17(19)14-26-20(22)23/h4-9,18H,10-14H2,1-3H3/b16-9+. The van der Waals surface area contributed by atoms with Gasteiger partial charge in [0.2, 0.25) is 10.0 Å². The van der Waals surface area contributed by atoms with Gasteiger partial charge in [-0.05, 0) is 45.8 Å². The Hall–Kier alpha value is -2.12. The van der Waals surface area contributed by atoms with E-state index in [9.17, 15) is 13.2 Å². The van der Waals surface area contributed by atoms with Gasteiger partial charge in [0.25, 0.3) is 0 Å². The summed E-state index contributed by atoms with van der Waals surface area (Å²) in [7, 11) is -3.47. The molecule has 0 N–H and O–H groups in total. The number of nitrogens with zero attached hydrogens (tertiary/aromatic N) is 2. The average Bonchev–Trinajstić information content (AvgIpc) is 2.66. The average molecular weight is 391 g/mol. The Labute approximate surface area is 161 Å². The van der Waals surface area contributed by atoms with Crippen molar-refractivity contribution >= 4 is 21.8 Å². The fraction of sp³-hybridized carbons (Fsp3) is 0.450. The summed E-state index contributed by atoms with van der Waals surface area (Å²) >= 11 is 0. The molecule has 0 saturated carbocycles. The number of fused-ring (bicyclic) bond motifs is 1. The number of anilines is 1. The molecule has 1 fully saturated rings. The van der Waals surface area contributed by atoms with E-state index in [1.807, 2.05) is 38.1 Å². The highest BCUT2D eigenvalue weighted by Crippen LogP contribution is 2.32. The normalized spacial score (nSPS) is 19.4. The Morgan fingerprint density at radius 1 is 1.11 bits per heavy atom. The van der Waals surface area contributed by atoms with Gasteiger partial charge in [-0.15, -0.1) is 0 Å². The van der Waals surface area contributed by atoms with Crippen molar-refractivity contribution < 1.29 is 17.9 Å². The van der Waals surface area contributed by atoms with E-state index in [4.69, 9.17) is 4.74 Å². The summed E-state index contributed by atoms with van der Waals surface area (Å²) in [5.74, 6) is 0. The molecule has 1 amide bonds. The number of amides is 1. The quantitative estimate of drug-likeness (QED) is 0.733. The van der Waals surface area contributed by atoms with Crippen LogP contribution in [0.1, 0.15) is 39.2 Å². The molecule has 1 aromatic carbocycles. The van der Waals surface area contributed by atoms with Crippen molar-refractivity contribution in [3.05, 3.63) is 52.5 Å². The fourth-order valence-electron chi connectivity index (χ4n) is 3.44. The summed E-state index contributed by atoms with van der Waals surface area (Å²) in [6.45, 7) is 6.54. The van der Waals surface area contributed by atoms with Crippen LogP contribution in [-0.2, 0) is 21.4 Å². The lowest BCUT2D eigenvalue weighted by atomic mass is 10.0. The Kier molecular flexibility index (Phi) is 5.72. The zero-order valence-corrected chi connectivity index (χ0v) is 16.8. The van der Waals surface area contributed by atoms with Crippen LogP contribution in [0.5, 0.6) is 0 Å². The molecule has 0 spiro atoms. The summed E-state index contributed by atoms with van der Waals surface area (Å²) in [6, 6.07) is 7.64. The number of allylic oxidation sites excluding steroid dienone is 4. The Bertz CT molecular complexity index is 877. The molecule has 146 valence electrons. The number of benzene rings is 1. The summed E-state index contributed by atoms with van der Waals surface area (Å²) in [6.07, 6.45) is 4.27. The molecule has 27 heavy (non-hydrogen) atoms. The molecule has 0 atom stereocenters. The first-order valence-electron chi connectivity index (χ1n) is 9.16. The first kappa shape index (κ1) is 19.6. The fourth-order valence-corrected chi connectivity index (χ4v) is 4.77. The number of carbonyl (C=O) groups excluding carboxylic acids is 1. The highest BCUT2D eigenvalue weighted by atomic mass is 32.2. The smallest absolute Gasteiger partial charge is 0.414 e. The van der Waals surface area contributed by atoms with Crippen molar-refractivity contribution in [1.82, 2.24) is 4.31 Å². The van der Waals surface area contributed by atoms with E-state index in [0.717, 1.165) is 16.8 Å². The first-order chi connectivity index (χ1) is 12.8. The van der Waals surface area contributed by atoms with E-state index < -0.39 is 10.0 Å². The minimum absolute atomic E-state index is 0.0625. The molecule has 2 aliphatic rings. The summed E-state index contributed by atoms with van der Waals surface area (Å²) in [5.41, 5.74) is 2.90. The van der Waals surface area contributed by atoms with Gasteiger partial charge >= 0.3 is 6.09 Å². The molecule has 2 heterocycles. The number of carbonyl (C=O) groups is 1. The number of sulfonamides is 1. The maximum absolute atomic E-state index is 12.8. The lowest BCUT2D eigenvalue weighted by Gasteiger charge is -2.39. The molecule has 0 bridgehead atoms. The summed E-state index contributed by atoms with van der Waals surface area (Å²) in [5, 5.41) is 0. The van der Waals surface area contributed by atoms with E-state index in [2.05, 4.69) is 0 Å². The number of piperidine rings is 1. The molecular weight excluding hydrogens is 364 g/mol. The molecule has 0 unspecified atom stereocenters. The molecule has 0 aromatic heterocycles. The van der Waals surface area contributed by atoms with Gasteiger partial charge in [-0.25, -0.2) is 13.2 Å². The predicted molar refractivity (Wildman–Crippen MR) is 106 cm³/mol. The first-order valence-corrected chi connectivity index (χ1v) is 10.6. The van der Waals surface area contributed by atoms with Gasteiger partial charge in [-0.1, -0.05) is 29.8 Å². The lowest BCUT2D eigenvalue weighted by Crippen LogP contribution is -2.50. The molecule has 3 rings (SSSR count). The molecule has 7 heteroatoms. The van der Waals surface area contributed by atoms with Crippen LogP contribution in [0.4, 0.5) is 10.5 Å². The number of rotatable bonds is 4. The van der Waals surface area contributed by atoms with Crippen molar-refractivity contribution in [2.24, 2.45) is 0 Å². The van der Waals surface area contributed by atoms with Crippen molar-refractivity contribution in [2.45, 2.75) is 46.3 Å². The highest BCUT2D eigenvalue weighted by molar-refractivity contribution is 7.93. The second-order valence-electron chi connectivity index (χ2n) is 7.21. The van der Waals surface area contributed by atoms with Gasteiger partial charge in [0.15, 0.2) is 0 Å². The largest absolute Gasteiger partial charge is 0.444 e. The molecular formula is C20H26N2O4S. The van der Waals surface area contributed by atoms with E-state index in [-0.39, 0.29) is 18.7 Å². The Balaban J connectivity index is 1.73. The molecule has 1 aromatic rings. The molecule has 0 aliphatic carbocycles. The second-order valence-corrected chi connectivity index (χ2v) is 9.32. The van der Waals surface area contributed by atoms with Crippen LogP contribution >= 0.6 is 0 Å². The van der Waals surface area contributed by atoms with Crippen molar-refractivity contribution in [3.8, 4) is 0 Å². The minimum atomic E-state index is -3.47. The number of hydrogen-bond acceptors (Lipinski definition) is 4. The number of para-hydroxylation sites is 1. The van der Waals surface area contributed by atoms with Crippen LogP contribution in [0.25, 0.3) is 0 Å².